The monoisotopic (exact) mass is 204 g/mol. The highest BCUT2D eigenvalue weighted by molar-refractivity contribution is 5.17. The molecule has 1 aromatic rings. The van der Waals surface area contributed by atoms with Crippen molar-refractivity contribution >= 4 is 0 Å². The summed E-state index contributed by atoms with van der Waals surface area (Å²) in [5.74, 6) is 1.06. The highest BCUT2D eigenvalue weighted by Crippen LogP contribution is 2.33. The molecule has 82 valence electrons. The van der Waals surface area contributed by atoms with E-state index in [1.165, 1.54) is 36.9 Å². The minimum absolute atomic E-state index is 0.914. The first-order valence-corrected chi connectivity index (χ1v) is 5.97. The summed E-state index contributed by atoms with van der Waals surface area (Å²) in [5.41, 5.74) is 2.47. The van der Waals surface area contributed by atoms with Crippen molar-refractivity contribution in [2.24, 2.45) is 5.92 Å². The van der Waals surface area contributed by atoms with E-state index in [1.54, 1.807) is 0 Å². The second kappa shape index (κ2) is 5.26. The molecular weight excluding hydrogens is 184 g/mol. The zero-order valence-corrected chi connectivity index (χ0v) is 9.50. The minimum atomic E-state index is 0.914. The second-order valence-electron chi connectivity index (χ2n) is 4.53. The number of aromatic nitrogens is 1. The smallest absolute Gasteiger partial charge is 0.0570 e. The van der Waals surface area contributed by atoms with Crippen LogP contribution in [0.2, 0.25) is 0 Å². The molecule has 15 heavy (non-hydrogen) atoms. The maximum atomic E-state index is 4.36. The zero-order valence-electron chi connectivity index (χ0n) is 9.50. The number of nitrogens with one attached hydrogen (secondary N) is 1. The Bertz CT molecular complexity index is 305. The molecule has 2 heteroatoms. The Morgan fingerprint density at radius 1 is 1.47 bits per heavy atom. The topological polar surface area (TPSA) is 24.9 Å². The van der Waals surface area contributed by atoms with Crippen molar-refractivity contribution in [2.45, 2.75) is 39.2 Å². The van der Waals surface area contributed by atoms with Crippen LogP contribution in [0.25, 0.3) is 0 Å². The molecule has 1 aliphatic carbocycles. The first-order chi connectivity index (χ1) is 7.36. The lowest BCUT2D eigenvalue weighted by Crippen LogP contribution is -2.16. The van der Waals surface area contributed by atoms with Gasteiger partial charge in [0.15, 0.2) is 0 Å². The summed E-state index contributed by atoms with van der Waals surface area (Å²) in [6.07, 6.45) is 7.54. The Balaban J connectivity index is 1.62. The van der Waals surface area contributed by atoms with Crippen LogP contribution in [0.5, 0.6) is 0 Å². The number of pyridine rings is 1. The van der Waals surface area contributed by atoms with Crippen LogP contribution in [-0.2, 0) is 6.54 Å². The highest BCUT2D eigenvalue weighted by atomic mass is 14.9. The maximum absolute atomic E-state index is 4.36. The van der Waals surface area contributed by atoms with Crippen LogP contribution >= 0.6 is 0 Å². The lowest BCUT2D eigenvalue weighted by Gasteiger charge is -2.06. The van der Waals surface area contributed by atoms with Gasteiger partial charge < -0.3 is 5.32 Å². The van der Waals surface area contributed by atoms with Crippen molar-refractivity contribution in [1.82, 2.24) is 10.3 Å². The molecule has 2 rings (SSSR count). The quantitative estimate of drug-likeness (QED) is 0.721. The van der Waals surface area contributed by atoms with Crippen molar-refractivity contribution in [2.75, 3.05) is 6.54 Å². The van der Waals surface area contributed by atoms with Gasteiger partial charge in [0, 0.05) is 12.7 Å². The van der Waals surface area contributed by atoms with E-state index in [0.29, 0.717) is 0 Å². The standard InChI is InChI=1S/C13H20N2/c1-11-4-2-9-15-13(11)10-14-8-3-5-12-6-7-12/h2,4,9,12,14H,3,5-8,10H2,1H3. The molecule has 0 spiro atoms. The lowest BCUT2D eigenvalue weighted by molar-refractivity contribution is 0.588. The van der Waals surface area contributed by atoms with Crippen LogP contribution in [0, 0.1) is 12.8 Å². The van der Waals surface area contributed by atoms with E-state index in [9.17, 15) is 0 Å². The Hall–Kier alpha value is -0.890. The highest BCUT2D eigenvalue weighted by Gasteiger charge is 2.19. The largest absolute Gasteiger partial charge is 0.311 e. The summed E-state index contributed by atoms with van der Waals surface area (Å²) in [6, 6.07) is 4.11. The van der Waals surface area contributed by atoms with Gasteiger partial charge in [0.25, 0.3) is 0 Å². The molecule has 0 aromatic carbocycles. The second-order valence-corrected chi connectivity index (χ2v) is 4.53. The van der Waals surface area contributed by atoms with Gasteiger partial charge in [0.1, 0.15) is 0 Å². The Morgan fingerprint density at radius 2 is 2.33 bits per heavy atom. The average Bonchev–Trinajstić information content (AvgIpc) is 3.04. The summed E-state index contributed by atoms with van der Waals surface area (Å²) in [4.78, 5) is 4.36. The number of hydrogen-bond donors (Lipinski definition) is 1. The molecule has 1 aliphatic rings. The molecule has 1 fully saturated rings. The van der Waals surface area contributed by atoms with Gasteiger partial charge in [0.2, 0.25) is 0 Å². The zero-order chi connectivity index (χ0) is 10.5. The van der Waals surface area contributed by atoms with E-state index in [2.05, 4.69) is 23.3 Å². The fourth-order valence-corrected chi connectivity index (χ4v) is 1.83. The van der Waals surface area contributed by atoms with E-state index >= 15 is 0 Å². The molecule has 0 aliphatic heterocycles. The summed E-state index contributed by atoms with van der Waals surface area (Å²) in [7, 11) is 0. The van der Waals surface area contributed by atoms with Gasteiger partial charge in [-0.15, -0.1) is 0 Å². The molecule has 1 aromatic heterocycles. The van der Waals surface area contributed by atoms with Crippen molar-refractivity contribution in [1.29, 1.82) is 0 Å². The Labute approximate surface area is 92.1 Å². The molecule has 0 atom stereocenters. The molecule has 0 bridgehead atoms. The molecule has 1 N–H and O–H groups in total. The molecule has 1 saturated carbocycles. The SMILES string of the molecule is Cc1cccnc1CNCCCC1CC1. The molecular formula is C13H20N2. The van der Waals surface area contributed by atoms with Crippen LogP contribution in [0.15, 0.2) is 18.3 Å². The van der Waals surface area contributed by atoms with E-state index in [-0.39, 0.29) is 0 Å². The molecule has 1 heterocycles. The number of hydrogen-bond acceptors (Lipinski definition) is 2. The number of aryl methyl sites for hydroxylation is 1. The summed E-state index contributed by atoms with van der Waals surface area (Å²) in [5, 5.41) is 3.46. The van der Waals surface area contributed by atoms with Crippen LogP contribution < -0.4 is 5.32 Å². The third-order valence-electron chi connectivity index (χ3n) is 3.07. The van der Waals surface area contributed by atoms with Gasteiger partial charge in [-0.25, -0.2) is 0 Å². The first-order valence-electron chi connectivity index (χ1n) is 5.97. The van der Waals surface area contributed by atoms with Gasteiger partial charge in [-0.1, -0.05) is 18.9 Å². The van der Waals surface area contributed by atoms with E-state index in [4.69, 9.17) is 0 Å². The van der Waals surface area contributed by atoms with Crippen LogP contribution in [0.4, 0.5) is 0 Å². The predicted molar refractivity (Wildman–Crippen MR) is 62.6 cm³/mol. The van der Waals surface area contributed by atoms with E-state index in [0.717, 1.165) is 19.0 Å². The van der Waals surface area contributed by atoms with Gasteiger partial charge in [-0.05, 0) is 43.9 Å². The first kappa shape index (κ1) is 10.6. The predicted octanol–water partition coefficient (Wildman–Crippen LogP) is 2.67. The summed E-state index contributed by atoms with van der Waals surface area (Å²) in [6.45, 7) is 4.16. The lowest BCUT2D eigenvalue weighted by atomic mass is 10.2. The van der Waals surface area contributed by atoms with Crippen molar-refractivity contribution in [3.05, 3.63) is 29.6 Å². The Morgan fingerprint density at radius 3 is 3.07 bits per heavy atom. The average molecular weight is 204 g/mol. The van der Waals surface area contributed by atoms with Crippen molar-refractivity contribution in [3.63, 3.8) is 0 Å². The van der Waals surface area contributed by atoms with Gasteiger partial charge in [-0.3, -0.25) is 4.98 Å². The molecule has 0 unspecified atom stereocenters. The van der Waals surface area contributed by atoms with Crippen LogP contribution in [0.3, 0.4) is 0 Å². The number of nitrogens with zero attached hydrogens (tertiary/aromatic N) is 1. The Kier molecular flexibility index (Phi) is 3.73. The fraction of sp³-hybridized carbons (Fsp3) is 0.615. The molecule has 0 radical (unpaired) electrons. The third-order valence-corrected chi connectivity index (χ3v) is 3.07. The summed E-state index contributed by atoms with van der Waals surface area (Å²) < 4.78 is 0. The van der Waals surface area contributed by atoms with E-state index < -0.39 is 0 Å². The van der Waals surface area contributed by atoms with Crippen LogP contribution in [0.1, 0.15) is 36.9 Å². The van der Waals surface area contributed by atoms with Crippen molar-refractivity contribution in [3.8, 4) is 0 Å². The molecule has 0 saturated heterocycles. The molecule has 0 amide bonds. The van der Waals surface area contributed by atoms with Gasteiger partial charge >= 0.3 is 0 Å². The normalized spacial score (nSPS) is 15.5. The van der Waals surface area contributed by atoms with Crippen molar-refractivity contribution < 1.29 is 0 Å². The minimum Gasteiger partial charge on any atom is -0.311 e. The number of rotatable bonds is 6. The van der Waals surface area contributed by atoms with E-state index in [1.807, 2.05) is 12.3 Å². The molecule has 2 nitrogen and oxygen atoms in total. The van der Waals surface area contributed by atoms with Crippen LogP contribution in [-0.4, -0.2) is 11.5 Å². The third kappa shape index (κ3) is 3.63. The van der Waals surface area contributed by atoms with Gasteiger partial charge in [-0.2, -0.15) is 0 Å². The fourth-order valence-electron chi connectivity index (χ4n) is 1.83. The summed E-state index contributed by atoms with van der Waals surface area (Å²) >= 11 is 0. The maximum Gasteiger partial charge on any atom is 0.0570 e. The van der Waals surface area contributed by atoms with Gasteiger partial charge in [0.05, 0.1) is 5.69 Å².